The van der Waals surface area contributed by atoms with Crippen LogP contribution in [0.25, 0.3) is 0 Å². The van der Waals surface area contributed by atoms with Crippen molar-refractivity contribution >= 4 is 5.82 Å². The SMILES string of the molecule is CNCc1cncc(N(C)CCOCC2CC2)n1. The molecule has 0 unspecified atom stereocenters. The van der Waals surface area contributed by atoms with Crippen LogP contribution in [0.3, 0.4) is 0 Å². The van der Waals surface area contributed by atoms with Crippen molar-refractivity contribution in [1.29, 1.82) is 0 Å². The third kappa shape index (κ3) is 4.23. The van der Waals surface area contributed by atoms with E-state index >= 15 is 0 Å². The lowest BCUT2D eigenvalue weighted by atomic mass is 10.4. The zero-order chi connectivity index (χ0) is 12.8. The molecule has 0 aromatic carbocycles. The number of aromatic nitrogens is 2. The first-order valence-corrected chi connectivity index (χ1v) is 6.54. The van der Waals surface area contributed by atoms with Crippen molar-refractivity contribution in [3.05, 3.63) is 18.1 Å². The van der Waals surface area contributed by atoms with Gasteiger partial charge in [-0.05, 0) is 25.8 Å². The van der Waals surface area contributed by atoms with E-state index in [1.807, 2.05) is 14.1 Å². The molecule has 0 saturated heterocycles. The quantitative estimate of drug-likeness (QED) is 0.699. The number of ether oxygens (including phenoxy) is 1. The van der Waals surface area contributed by atoms with Crippen molar-refractivity contribution in [3.63, 3.8) is 0 Å². The van der Waals surface area contributed by atoms with Gasteiger partial charge >= 0.3 is 0 Å². The molecule has 1 aliphatic carbocycles. The summed E-state index contributed by atoms with van der Waals surface area (Å²) in [7, 11) is 3.93. The van der Waals surface area contributed by atoms with Crippen molar-refractivity contribution in [2.45, 2.75) is 19.4 Å². The summed E-state index contributed by atoms with van der Waals surface area (Å²) >= 11 is 0. The van der Waals surface area contributed by atoms with E-state index in [-0.39, 0.29) is 0 Å². The summed E-state index contributed by atoms with van der Waals surface area (Å²) in [5, 5.41) is 3.08. The predicted molar refractivity (Wildman–Crippen MR) is 71.6 cm³/mol. The fourth-order valence-corrected chi connectivity index (χ4v) is 1.70. The van der Waals surface area contributed by atoms with Crippen LogP contribution in [0.5, 0.6) is 0 Å². The average molecular weight is 250 g/mol. The Labute approximate surface area is 109 Å². The van der Waals surface area contributed by atoms with E-state index < -0.39 is 0 Å². The summed E-state index contributed by atoms with van der Waals surface area (Å²) in [5.41, 5.74) is 0.959. The van der Waals surface area contributed by atoms with Crippen molar-refractivity contribution in [1.82, 2.24) is 15.3 Å². The normalized spacial score (nSPS) is 14.8. The van der Waals surface area contributed by atoms with Gasteiger partial charge in [0.05, 0.1) is 18.5 Å². The summed E-state index contributed by atoms with van der Waals surface area (Å²) in [6.07, 6.45) is 6.26. The largest absolute Gasteiger partial charge is 0.379 e. The molecule has 0 amide bonds. The first-order chi connectivity index (χ1) is 8.79. The van der Waals surface area contributed by atoms with Gasteiger partial charge in [0.25, 0.3) is 0 Å². The molecule has 100 valence electrons. The summed E-state index contributed by atoms with van der Waals surface area (Å²) in [6, 6.07) is 0. The molecule has 18 heavy (non-hydrogen) atoms. The number of nitrogens with zero attached hydrogens (tertiary/aromatic N) is 3. The molecule has 1 aromatic heterocycles. The predicted octanol–water partition coefficient (Wildman–Crippen LogP) is 1.06. The molecule has 1 aromatic rings. The summed E-state index contributed by atoms with van der Waals surface area (Å²) in [5.74, 6) is 1.73. The Morgan fingerprint density at radius 2 is 2.28 bits per heavy atom. The Kier molecular flexibility index (Phi) is 4.90. The fraction of sp³-hybridized carbons (Fsp3) is 0.692. The molecular weight excluding hydrogens is 228 g/mol. The topological polar surface area (TPSA) is 50.3 Å². The average Bonchev–Trinajstić information content (AvgIpc) is 3.19. The van der Waals surface area contributed by atoms with Crippen LogP contribution in [-0.4, -0.2) is 43.8 Å². The highest BCUT2D eigenvalue weighted by Crippen LogP contribution is 2.28. The summed E-state index contributed by atoms with van der Waals surface area (Å²) in [4.78, 5) is 10.8. The molecule has 0 spiro atoms. The molecule has 0 bridgehead atoms. The van der Waals surface area contributed by atoms with Crippen molar-refractivity contribution in [3.8, 4) is 0 Å². The molecule has 0 atom stereocenters. The maximum atomic E-state index is 5.63. The minimum absolute atomic E-state index is 0.743. The van der Waals surface area contributed by atoms with Gasteiger partial charge in [-0.2, -0.15) is 0 Å². The van der Waals surface area contributed by atoms with Crippen molar-refractivity contribution in [2.24, 2.45) is 5.92 Å². The van der Waals surface area contributed by atoms with E-state index in [0.717, 1.165) is 43.7 Å². The van der Waals surface area contributed by atoms with E-state index in [9.17, 15) is 0 Å². The smallest absolute Gasteiger partial charge is 0.147 e. The number of rotatable bonds is 8. The van der Waals surface area contributed by atoms with E-state index in [1.165, 1.54) is 12.8 Å². The van der Waals surface area contributed by atoms with Gasteiger partial charge in [0, 0.05) is 32.9 Å². The Morgan fingerprint density at radius 1 is 1.44 bits per heavy atom. The number of likely N-dealkylation sites (N-methyl/N-ethyl adjacent to an activating group) is 1. The number of anilines is 1. The van der Waals surface area contributed by atoms with Gasteiger partial charge in [-0.15, -0.1) is 0 Å². The maximum Gasteiger partial charge on any atom is 0.147 e. The number of hydrogen-bond donors (Lipinski definition) is 1. The minimum atomic E-state index is 0.743. The van der Waals surface area contributed by atoms with E-state index in [0.29, 0.717) is 0 Å². The first kappa shape index (κ1) is 13.2. The molecule has 2 rings (SSSR count). The lowest BCUT2D eigenvalue weighted by molar-refractivity contribution is 0.130. The van der Waals surface area contributed by atoms with Crippen LogP contribution in [0.2, 0.25) is 0 Å². The van der Waals surface area contributed by atoms with E-state index in [2.05, 4.69) is 20.2 Å². The molecule has 5 heteroatoms. The lowest BCUT2D eigenvalue weighted by Gasteiger charge is -2.18. The number of hydrogen-bond acceptors (Lipinski definition) is 5. The Morgan fingerprint density at radius 3 is 3.00 bits per heavy atom. The summed E-state index contributed by atoms with van der Waals surface area (Å²) < 4.78 is 5.63. The highest BCUT2D eigenvalue weighted by atomic mass is 16.5. The molecule has 5 nitrogen and oxygen atoms in total. The zero-order valence-electron chi connectivity index (χ0n) is 11.2. The Bertz CT molecular complexity index is 368. The van der Waals surface area contributed by atoms with Gasteiger partial charge in [0.1, 0.15) is 5.82 Å². The standard InChI is InChI=1S/C13H22N4O/c1-14-7-12-8-15-9-13(16-12)17(2)5-6-18-10-11-3-4-11/h8-9,11,14H,3-7,10H2,1-2H3. The van der Waals surface area contributed by atoms with Crippen LogP contribution in [0.15, 0.2) is 12.4 Å². The molecule has 0 radical (unpaired) electrons. The third-order valence-corrected chi connectivity index (χ3v) is 3.04. The first-order valence-electron chi connectivity index (χ1n) is 6.54. The Balaban J connectivity index is 1.75. The van der Waals surface area contributed by atoms with Crippen LogP contribution in [-0.2, 0) is 11.3 Å². The highest BCUT2D eigenvalue weighted by molar-refractivity contribution is 5.34. The molecule has 1 heterocycles. The zero-order valence-corrected chi connectivity index (χ0v) is 11.2. The highest BCUT2D eigenvalue weighted by Gasteiger charge is 2.20. The second-order valence-corrected chi connectivity index (χ2v) is 4.84. The minimum Gasteiger partial charge on any atom is -0.379 e. The second kappa shape index (κ2) is 6.66. The summed E-state index contributed by atoms with van der Waals surface area (Å²) in [6.45, 7) is 3.27. The number of nitrogens with one attached hydrogen (secondary N) is 1. The molecular formula is C13H22N4O. The lowest BCUT2D eigenvalue weighted by Crippen LogP contribution is -2.24. The molecule has 1 saturated carbocycles. The fourth-order valence-electron chi connectivity index (χ4n) is 1.70. The third-order valence-electron chi connectivity index (χ3n) is 3.04. The molecule has 1 aliphatic rings. The van der Waals surface area contributed by atoms with Gasteiger partial charge in [-0.1, -0.05) is 0 Å². The molecule has 1 fully saturated rings. The van der Waals surface area contributed by atoms with Gasteiger partial charge in [0.15, 0.2) is 0 Å². The molecule has 1 N–H and O–H groups in total. The van der Waals surface area contributed by atoms with E-state index in [1.54, 1.807) is 12.4 Å². The van der Waals surface area contributed by atoms with E-state index in [4.69, 9.17) is 4.74 Å². The monoisotopic (exact) mass is 250 g/mol. The molecule has 0 aliphatic heterocycles. The van der Waals surface area contributed by atoms with Crippen LogP contribution in [0, 0.1) is 5.92 Å². The van der Waals surface area contributed by atoms with Gasteiger partial charge in [0.2, 0.25) is 0 Å². The second-order valence-electron chi connectivity index (χ2n) is 4.84. The van der Waals surface area contributed by atoms with Crippen molar-refractivity contribution < 1.29 is 4.74 Å². The van der Waals surface area contributed by atoms with Crippen LogP contribution >= 0.6 is 0 Å². The van der Waals surface area contributed by atoms with Crippen molar-refractivity contribution in [2.75, 3.05) is 38.8 Å². The van der Waals surface area contributed by atoms with Crippen LogP contribution < -0.4 is 10.2 Å². The van der Waals surface area contributed by atoms with Crippen LogP contribution in [0.1, 0.15) is 18.5 Å². The van der Waals surface area contributed by atoms with Gasteiger partial charge in [-0.25, -0.2) is 4.98 Å². The van der Waals surface area contributed by atoms with Gasteiger partial charge in [-0.3, -0.25) is 4.98 Å². The van der Waals surface area contributed by atoms with Gasteiger partial charge < -0.3 is 15.0 Å². The maximum absolute atomic E-state index is 5.63. The van der Waals surface area contributed by atoms with Crippen LogP contribution in [0.4, 0.5) is 5.82 Å². The Hall–Kier alpha value is -1.20.